The maximum atomic E-state index is 12.8. The first-order chi connectivity index (χ1) is 11.3. The molecule has 122 valence electrons. The number of nitrogens with one attached hydrogen (secondary N) is 1. The van der Waals surface area contributed by atoms with Crippen LogP contribution >= 0.6 is 11.3 Å². The number of urea groups is 1. The van der Waals surface area contributed by atoms with Gasteiger partial charge in [0.25, 0.3) is 0 Å². The van der Waals surface area contributed by atoms with Gasteiger partial charge in [0.1, 0.15) is 0 Å². The van der Waals surface area contributed by atoms with E-state index in [9.17, 15) is 4.79 Å². The molecule has 3 rings (SSSR count). The van der Waals surface area contributed by atoms with Crippen molar-refractivity contribution in [1.29, 1.82) is 0 Å². The van der Waals surface area contributed by atoms with Crippen molar-refractivity contribution in [2.24, 2.45) is 0 Å². The molecule has 0 spiro atoms. The fraction of sp³-hybridized carbons (Fsp3) is 0.421. The summed E-state index contributed by atoms with van der Waals surface area (Å²) < 4.78 is 0. The van der Waals surface area contributed by atoms with Gasteiger partial charge in [0, 0.05) is 16.6 Å². The molecule has 2 aromatic rings. The van der Waals surface area contributed by atoms with Gasteiger partial charge in [-0.05, 0) is 48.4 Å². The molecule has 0 aliphatic heterocycles. The molecule has 1 heterocycles. The molecule has 1 aromatic carbocycles. The molecule has 0 atom stereocenters. The average Bonchev–Trinajstić information content (AvgIpc) is 3.27. The minimum absolute atomic E-state index is 0.0227. The van der Waals surface area contributed by atoms with Crippen molar-refractivity contribution in [3.8, 4) is 0 Å². The highest BCUT2D eigenvalue weighted by Crippen LogP contribution is 2.26. The van der Waals surface area contributed by atoms with Crippen LogP contribution in [0.3, 0.4) is 0 Å². The summed E-state index contributed by atoms with van der Waals surface area (Å²) in [5, 5.41) is 5.15. The Labute approximate surface area is 142 Å². The van der Waals surface area contributed by atoms with E-state index in [1.165, 1.54) is 23.3 Å². The van der Waals surface area contributed by atoms with Crippen molar-refractivity contribution in [3.05, 3.63) is 52.2 Å². The van der Waals surface area contributed by atoms with Crippen LogP contribution in [0, 0.1) is 0 Å². The minimum Gasteiger partial charge on any atom is -0.316 e. The quantitative estimate of drug-likeness (QED) is 0.795. The van der Waals surface area contributed by atoms with Crippen LogP contribution in [0.5, 0.6) is 0 Å². The van der Waals surface area contributed by atoms with E-state index in [1.54, 1.807) is 11.3 Å². The summed E-state index contributed by atoms with van der Waals surface area (Å²) in [7, 11) is 0. The Morgan fingerprint density at radius 3 is 2.57 bits per heavy atom. The Bertz CT molecular complexity index is 615. The number of carbonyl (C=O) groups excluding carboxylic acids is 1. The number of carbonyl (C=O) groups is 1. The fourth-order valence-corrected chi connectivity index (χ4v) is 3.87. The lowest BCUT2D eigenvalue weighted by atomic mass is 10.1. The number of nitrogens with zero attached hydrogens (tertiary/aromatic N) is 1. The van der Waals surface area contributed by atoms with Gasteiger partial charge in [0.15, 0.2) is 0 Å². The first kappa shape index (κ1) is 16.1. The third-order valence-electron chi connectivity index (χ3n) is 4.55. The summed E-state index contributed by atoms with van der Waals surface area (Å²) in [5.41, 5.74) is 2.16. The van der Waals surface area contributed by atoms with Crippen molar-refractivity contribution in [3.63, 3.8) is 0 Å². The lowest BCUT2D eigenvalue weighted by Crippen LogP contribution is -2.40. The van der Waals surface area contributed by atoms with Crippen LogP contribution in [0.2, 0.25) is 0 Å². The number of anilines is 1. The number of rotatable bonds is 5. The van der Waals surface area contributed by atoms with Crippen LogP contribution in [0.15, 0.2) is 41.8 Å². The van der Waals surface area contributed by atoms with Crippen LogP contribution in [-0.2, 0) is 13.0 Å². The molecule has 1 aliphatic rings. The maximum Gasteiger partial charge on any atom is 0.322 e. The normalized spacial score (nSPS) is 14.8. The summed E-state index contributed by atoms with van der Waals surface area (Å²) in [6.07, 6.45) is 5.70. The van der Waals surface area contributed by atoms with Gasteiger partial charge >= 0.3 is 6.03 Å². The van der Waals surface area contributed by atoms with E-state index >= 15 is 0 Å². The van der Waals surface area contributed by atoms with Gasteiger partial charge < -0.3 is 10.2 Å². The Hall–Kier alpha value is -1.81. The lowest BCUT2D eigenvalue weighted by molar-refractivity contribution is 0.185. The molecule has 23 heavy (non-hydrogen) atoms. The van der Waals surface area contributed by atoms with E-state index in [-0.39, 0.29) is 6.03 Å². The first-order valence-electron chi connectivity index (χ1n) is 8.45. The Morgan fingerprint density at radius 1 is 1.22 bits per heavy atom. The summed E-state index contributed by atoms with van der Waals surface area (Å²) in [5.74, 6) is 0. The van der Waals surface area contributed by atoms with Crippen LogP contribution in [-0.4, -0.2) is 17.0 Å². The zero-order valence-electron chi connectivity index (χ0n) is 13.6. The molecule has 0 bridgehead atoms. The molecule has 1 aromatic heterocycles. The molecule has 2 amide bonds. The predicted octanol–water partition coefficient (Wildman–Crippen LogP) is 5.29. The topological polar surface area (TPSA) is 32.3 Å². The first-order valence-corrected chi connectivity index (χ1v) is 9.33. The van der Waals surface area contributed by atoms with Crippen LogP contribution in [0.25, 0.3) is 0 Å². The molecule has 0 radical (unpaired) electrons. The number of aryl methyl sites for hydroxylation is 1. The van der Waals surface area contributed by atoms with Gasteiger partial charge in [-0.15, -0.1) is 11.3 Å². The SMILES string of the molecule is CCc1ccc(NC(=O)N(Cc2cccs2)C2CCCC2)cc1. The molecule has 1 fully saturated rings. The zero-order valence-corrected chi connectivity index (χ0v) is 14.4. The summed E-state index contributed by atoms with van der Waals surface area (Å²) in [4.78, 5) is 16.1. The Kier molecular flexibility index (Phi) is 5.34. The van der Waals surface area contributed by atoms with Gasteiger partial charge in [-0.1, -0.05) is 38.0 Å². The smallest absolute Gasteiger partial charge is 0.316 e. The van der Waals surface area contributed by atoms with E-state index < -0.39 is 0 Å². The van der Waals surface area contributed by atoms with Crippen LogP contribution in [0.1, 0.15) is 43.0 Å². The molecule has 4 heteroatoms. The van der Waals surface area contributed by atoms with Crippen LogP contribution in [0.4, 0.5) is 10.5 Å². The van der Waals surface area contributed by atoms with E-state index in [0.717, 1.165) is 24.9 Å². The van der Waals surface area contributed by atoms with Gasteiger partial charge in [-0.2, -0.15) is 0 Å². The molecular weight excluding hydrogens is 304 g/mol. The number of amides is 2. The monoisotopic (exact) mass is 328 g/mol. The second kappa shape index (κ2) is 7.64. The summed E-state index contributed by atoms with van der Waals surface area (Å²) in [6.45, 7) is 2.84. The molecule has 1 saturated carbocycles. The number of hydrogen-bond acceptors (Lipinski definition) is 2. The standard InChI is InChI=1S/C19H24N2OS/c1-2-15-9-11-16(12-10-15)20-19(22)21(17-6-3-4-7-17)14-18-8-5-13-23-18/h5,8-13,17H,2-4,6-7,14H2,1H3,(H,20,22). The van der Waals surface area contributed by atoms with Crippen molar-refractivity contribution < 1.29 is 4.79 Å². The van der Waals surface area contributed by atoms with E-state index in [0.29, 0.717) is 12.6 Å². The van der Waals surface area contributed by atoms with Crippen molar-refractivity contribution in [2.75, 3.05) is 5.32 Å². The third kappa shape index (κ3) is 4.14. The van der Waals surface area contributed by atoms with E-state index in [1.807, 2.05) is 23.1 Å². The van der Waals surface area contributed by atoms with Gasteiger partial charge in [0.05, 0.1) is 6.54 Å². The van der Waals surface area contributed by atoms with Gasteiger partial charge in [-0.3, -0.25) is 0 Å². The predicted molar refractivity (Wildman–Crippen MR) is 97.0 cm³/mol. The third-order valence-corrected chi connectivity index (χ3v) is 5.41. The molecule has 3 nitrogen and oxygen atoms in total. The second-order valence-electron chi connectivity index (χ2n) is 6.13. The van der Waals surface area contributed by atoms with Crippen molar-refractivity contribution in [2.45, 2.75) is 51.6 Å². The molecule has 1 N–H and O–H groups in total. The zero-order chi connectivity index (χ0) is 16.1. The molecule has 0 saturated heterocycles. The lowest BCUT2D eigenvalue weighted by Gasteiger charge is -2.28. The molecule has 1 aliphatic carbocycles. The Balaban J connectivity index is 1.70. The minimum atomic E-state index is 0.0227. The van der Waals surface area contributed by atoms with Crippen molar-refractivity contribution >= 4 is 23.1 Å². The molecule has 0 unspecified atom stereocenters. The Morgan fingerprint density at radius 2 is 1.96 bits per heavy atom. The van der Waals surface area contributed by atoms with Crippen LogP contribution < -0.4 is 5.32 Å². The van der Waals surface area contributed by atoms with Crippen molar-refractivity contribution in [1.82, 2.24) is 4.90 Å². The maximum absolute atomic E-state index is 12.8. The number of hydrogen-bond donors (Lipinski definition) is 1. The summed E-state index contributed by atoms with van der Waals surface area (Å²) >= 11 is 1.72. The van der Waals surface area contributed by atoms with Gasteiger partial charge in [0.2, 0.25) is 0 Å². The largest absolute Gasteiger partial charge is 0.322 e. The second-order valence-corrected chi connectivity index (χ2v) is 7.16. The highest BCUT2D eigenvalue weighted by Gasteiger charge is 2.27. The highest BCUT2D eigenvalue weighted by molar-refractivity contribution is 7.09. The number of benzene rings is 1. The molecular formula is C19H24N2OS. The highest BCUT2D eigenvalue weighted by atomic mass is 32.1. The summed E-state index contributed by atoms with van der Waals surface area (Å²) in [6, 6.07) is 12.7. The van der Waals surface area contributed by atoms with E-state index in [4.69, 9.17) is 0 Å². The fourth-order valence-electron chi connectivity index (χ4n) is 3.17. The average molecular weight is 328 g/mol. The number of thiophene rings is 1. The van der Waals surface area contributed by atoms with Gasteiger partial charge in [-0.25, -0.2) is 4.79 Å². The van der Waals surface area contributed by atoms with E-state index in [2.05, 4.69) is 35.8 Å².